The first-order valence-electron chi connectivity index (χ1n) is 15.0. The van der Waals surface area contributed by atoms with Crippen molar-refractivity contribution in [1.29, 1.82) is 0 Å². The largest absolute Gasteiger partial charge is 0.455 e. The van der Waals surface area contributed by atoms with E-state index in [9.17, 15) is 0 Å². The Morgan fingerprint density at radius 1 is 0.378 bits per heavy atom. The lowest BCUT2D eigenvalue weighted by Gasteiger charge is -2.11. The Bertz CT molecular complexity index is 2530. The van der Waals surface area contributed by atoms with E-state index in [1.165, 1.54) is 5.39 Å². The van der Waals surface area contributed by atoms with Crippen LogP contribution in [0.25, 0.3) is 88.8 Å². The molecule has 45 heavy (non-hydrogen) atoms. The van der Waals surface area contributed by atoms with Crippen LogP contribution in [0.3, 0.4) is 0 Å². The van der Waals surface area contributed by atoms with E-state index in [1.54, 1.807) is 0 Å². The van der Waals surface area contributed by atoms with Crippen LogP contribution in [0.1, 0.15) is 0 Å². The molecule has 2 aromatic heterocycles. The van der Waals surface area contributed by atoms with Gasteiger partial charge in [0.25, 0.3) is 0 Å². The Morgan fingerprint density at radius 2 is 0.956 bits per heavy atom. The van der Waals surface area contributed by atoms with Gasteiger partial charge in [0, 0.05) is 21.9 Å². The summed E-state index contributed by atoms with van der Waals surface area (Å²) in [5, 5.41) is 6.65. The van der Waals surface area contributed by atoms with Crippen molar-refractivity contribution in [3.05, 3.63) is 152 Å². The lowest BCUT2D eigenvalue weighted by atomic mass is 9.96. The molecule has 7 aromatic carbocycles. The molecule has 0 N–H and O–H groups in total. The molecule has 0 unspecified atom stereocenters. The molecule has 0 saturated carbocycles. The van der Waals surface area contributed by atoms with Crippen LogP contribution < -0.4 is 0 Å². The highest BCUT2D eigenvalue weighted by atomic mass is 16.3. The summed E-state index contributed by atoms with van der Waals surface area (Å²) in [5.41, 5.74) is 6.54. The Labute approximate surface area is 259 Å². The van der Waals surface area contributed by atoms with Gasteiger partial charge in [0.05, 0.1) is 5.56 Å². The molecule has 0 amide bonds. The molecule has 0 fully saturated rings. The number of hydrogen-bond donors (Lipinski definition) is 0. The lowest BCUT2D eigenvalue weighted by molar-refractivity contribution is 0.670. The van der Waals surface area contributed by atoms with Crippen LogP contribution in [0.2, 0.25) is 0 Å². The van der Waals surface area contributed by atoms with Crippen LogP contribution in [0, 0.1) is 0 Å². The second-order valence-corrected chi connectivity index (χ2v) is 11.2. The standard InChI is InChI=1S/C41H25N3O/c1-3-12-27(13-4-1)32-22-23-34(38-37(32)35-24-29-17-7-8-18-30(29)25-36(35)45-38)41-43-39(28-15-5-2-6-16-28)42-40(44-41)33-21-11-19-26-14-9-10-20-31(26)33/h1-25H. The number of furan rings is 1. The molecule has 2 heterocycles. The molecule has 0 aliphatic rings. The van der Waals surface area contributed by atoms with E-state index in [1.807, 2.05) is 36.4 Å². The van der Waals surface area contributed by atoms with Gasteiger partial charge in [-0.25, -0.2) is 15.0 Å². The molecule has 0 atom stereocenters. The van der Waals surface area contributed by atoms with Crippen molar-refractivity contribution in [2.75, 3.05) is 0 Å². The van der Waals surface area contributed by atoms with Gasteiger partial charge in [0.1, 0.15) is 11.2 Å². The first-order valence-corrected chi connectivity index (χ1v) is 15.0. The number of fused-ring (bicyclic) bond motifs is 5. The maximum absolute atomic E-state index is 6.77. The Morgan fingerprint density at radius 3 is 1.73 bits per heavy atom. The second-order valence-electron chi connectivity index (χ2n) is 11.2. The average Bonchev–Trinajstić information content (AvgIpc) is 3.49. The SMILES string of the molecule is c1ccc(-c2nc(-c3cccc4ccccc34)nc(-c3ccc(-c4ccccc4)c4c3oc3cc5ccccc5cc34)n2)cc1. The number of aromatic nitrogens is 3. The third kappa shape index (κ3) is 4.27. The molecule has 9 aromatic rings. The number of nitrogens with zero attached hydrogens (tertiary/aromatic N) is 3. The number of rotatable bonds is 4. The van der Waals surface area contributed by atoms with Crippen molar-refractivity contribution in [3.8, 4) is 45.3 Å². The van der Waals surface area contributed by atoms with Gasteiger partial charge in [-0.1, -0.05) is 133 Å². The normalized spacial score (nSPS) is 11.6. The van der Waals surface area contributed by atoms with E-state index < -0.39 is 0 Å². The predicted molar refractivity (Wildman–Crippen MR) is 184 cm³/mol. The quantitative estimate of drug-likeness (QED) is 0.209. The molecule has 4 nitrogen and oxygen atoms in total. The fourth-order valence-corrected chi connectivity index (χ4v) is 6.35. The van der Waals surface area contributed by atoms with Crippen molar-refractivity contribution in [2.24, 2.45) is 0 Å². The summed E-state index contributed by atoms with van der Waals surface area (Å²) >= 11 is 0. The maximum Gasteiger partial charge on any atom is 0.167 e. The Balaban J connectivity index is 1.36. The Kier molecular flexibility index (Phi) is 5.78. The molecule has 0 spiro atoms. The smallest absolute Gasteiger partial charge is 0.167 e. The van der Waals surface area contributed by atoms with Crippen LogP contribution in [0.15, 0.2) is 156 Å². The first-order chi connectivity index (χ1) is 22.3. The monoisotopic (exact) mass is 575 g/mol. The molecule has 4 heteroatoms. The summed E-state index contributed by atoms with van der Waals surface area (Å²) in [5.74, 6) is 1.81. The summed E-state index contributed by atoms with van der Waals surface area (Å²) in [6.45, 7) is 0. The third-order valence-electron chi connectivity index (χ3n) is 8.51. The van der Waals surface area contributed by atoms with Crippen molar-refractivity contribution in [3.63, 3.8) is 0 Å². The fraction of sp³-hybridized carbons (Fsp3) is 0. The third-order valence-corrected chi connectivity index (χ3v) is 8.51. The lowest BCUT2D eigenvalue weighted by Crippen LogP contribution is -2.01. The fourth-order valence-electron chi connectivity index (χ4n) is 6.35. The summed E-state index contributed by atoms with van der Waals surface area (Å²) in [7, 11) is 0. The van der Waals surface area contributed by atoms with Crippen LogP contribution in [-0.2, 0) is 0 Å². The zero-order chi connectivity index (χ0) is 29.7. The van der Waals surface area contributed by atoms with Gasteiger partial charge in [-0.3, -0.25) is 0 Å². The van der Waals surface area contributed by atoms with Gasteiger partial charge in [-0.2, -0.15) is 0 Å². The minimum Gasteiger partial charge on any atom is -0.455 e. The van der Waals surface area contributed by atoms with Gasteiger partial charge >= 0.3 is 0 Å². The predicted octanol–water partition coefficient (Wildman–Crippen LogP) is 10.7. The van der Waals surface area contributed by atoms with Gasteiger partial charge < -0.3 is 4.42 Å². The summed E-state index contributed by atoms with van der Waals surface area (Å²) in [6.07, 6.45) is 0. The minimum absolute atomic E-state index is 0.569. The van der Waals surface area contributed by atoms with Crippen LogP contribution in [0.4, 0.5) is 0 Å². The molecule has 210 valence electrons. The van der Waals surface area contributed by atoms with Crippen LogP contribution in [-0.4, -0.2) is 15.0 Å². The average molecular weight is 576 g/mol. The molecule has 0 saturated heterocycles. The molecule has 0 aliphatic heterocycles. The molecule has 0 radical (unpaired) electrons. The maximum atomic E-state index is 6.77. The van der Waals surface area contributed by atoms with E-state index in [0.717, 1.165) is 65.9 Å². The zero-order valence-corrected chi connectivity index (χ0v) is 24.2. The van der Waals surface area contributed by atoms with Gasteiger partial charge in [-0.15, -0.1) is 0 Å². The minimum atomic E-state index is 0.569. The molecule has 0 bridgehead atoms. The van der Waals surface area contributed by atoms with Gasteiger partial charge in [0.2, 0.25) is 0 Å². The van der Waals surface area contributed by atoms with E-state index in [2.05, 4.69) is 115 Å². The highest BCUT2D eigenvalue weighted by Gasteiger charge is 2.21. The highest BCUT2D eigenvalue weighted by molar-refractivity contribution is 6.18. The summed E-state index contributed by atoms with van der Waals surface area (Å²) in [4.78, 5) is 15.2. The van der Waals surface area contributed by atoms with E-state index >= 15 is 0 Å². The van der Waals surface area contributed by atoms with Gasteiger partial charge in [-0.05, 0) is 50.9 Å². The van der Waals surface area contributed by atoms with Crippen LogP contribution in [0.5, 0.6) is 0 Å². The van der Waals surface area contributed by atoms with E-state index in [0.29, 0.717) is 17.5 Å². The summed E-state index contributed by atoms with van der Waals surface area (Å²) in [6, 6.07) is 52.2. The van der Waals surface area contributed by atoms with Crippen molar-refractivity contribution < 1.29 is 4.42 Å². The van der Waals surface area contributed by atoms with E-state index in [4.69, 9.17) is 19.4 Å². The van der Waals surface area contributed by atoms with Crippen molar-refractivity contribution in [1.82, 2.24) is 15.0 Å². The Hall–Kier alpha value is -6.13. The molecular formula is C41H25N3O. The van der Waals surface area contributed by atoms with Crippen molar-refractivity contribution >= 4 is 43.5 Å². The summed E-state index contributed by atoms with van der Waals surface area (Å²) < 4.78 is 6.77. The van der Waals surface area contributed by atoms with Crippen LogP contribution >= 0.6 is 0 Å². The molecule has 9 rings (SSSR count). The second kappa shape index (κ2) is 10.2. The van der Waals surface area contributed by atoms with E-state index in [-0.39, 0.29) is 0 Å². The molecule has 0 aliphatic carbocycles. The van der Waals surface area contributed by atoms with Crippen molar-refractivity contribution in [2.45, 2.75) is 0 Å². The van der Waals surface area contributed by atoms with Gasteiger partial charge in [0.15, 0.2) is 17.5 Å². The first kappa shape index (κ1) is 25.4. The highest BCUT2D eigenvalue weighted by Crippen LogP contribution is 2.42. The molecular weight excluding hydrogens is 550 g/mol. The number of benzene rings is 7. The zero-order valence-electron chi connectivity index (χ0n) is 24.2. The topological polar surface area (TPSA) is 51.8 Å². The number of hydrogen-bond acceptors (Lipinski definition) is 4.